The molecule has 7 heteroatoms. The van der Waals surface area contributed by atoms with Gasteiger partial charge in [-0.15, -0.1) is 0 Å². The van der Waals surface area contributed by atoms with Gasteiger partial charge >= 0.3 is 6.18 Å². The Hall–Kier alpha value is -0.910. The fourth-order valence-corrected chi connectivity index (χ4v) is 0.739. The average Bonchev–Trinajstić information content (AvgIpc) is 2.11. The van der Waals surface area contributed by atoms with Crippen LogP contribution in [-0.4, -0.2) is 10.2 Å². The monoisotopic (exact) mass is 186 g/mol. The van der Waals surface area contributed by atoms with Gasteiger partial charge in [0.2, 0.25) is 0 Å². The van der Waals surface area contributed by atoms with Crippen molar-refractivity contribution in [2.75, 3.05) is 0 Å². The van der Waals surface area contributed by atoms with Crippen LogP contribution in [0.1, 0.15) is 5.69 Å². The zero-order valence-electron chi connectivity index (χ0n) is 4.92. The van der Waals surface area contributed by atoms with Gasteiger partial charge < -0.3 is 0 Å². The number of halogens is 4. The number of nitrogens with one attached hydrogen (secondary N) is 2. The normalized spacial score (nSPS) is 12.0. The summed E-state index contributed by atoms with van der Waals surface area (Å²) in [5.41, 5.74) is -2.22. The maximum Gasteiger partial charge on any atom is 0.434 e. The van der Waals surface area contributed by atoms with E-state index < -0.39 is 22.5 Å². The largest absolute Gasteiger partial charge is 0.434 e. The summed E-state index contributed by atoms with van der Waals surface area (Å²) in [5, 5.41) is 2.47. The van der Waals surface area contributed by atoms with Crippen molar-refractivity contribution in [1.29, 1.82) is 0 Å². The molecule has 62 valence electrons. The fraction of sp³-hybridized carbons (Fsp3) is 0.250. The molecular weight excluding hydrogens is 185 g/mol. The highest BCUT2D eigenvalue weighted by Crippen LogP contribution is 2.30. The number of alkyl halides is 3. The van der Waals surface area contributed by atoms with E-state index in [-0.39, 0.29) is 0 Å². The molecule has 2 N–H and O–H groups in total. The van der Waals surface area contributed by atoms with Crippen LogP contribution in [0, 0.1) is 0 Å². The third-order valence-corrected chi connectivity index (χ3v) is 1.36. The first-order chi connectivity index (χ1) is 4.93. The van der Waals surface area contributed by atoms with Crippen molar-refractivity contribution in [2.24, 2.45) is 0 Å². The molecule has 0 saturated heterocycles. The van der Waals surface area contributed by atoms with Crippen molar-refractivity contribution in [3.63, 3.8) is 0 Å². The Morgan fingerprint density at radius 3 is 2.00 bits per heavy atom. The molecular formula is C4H2ClF3N2O. The van der Waals surface area contributed by atoms with Gasteiger partial charge in [0.15, 0.2) is 5.69 Å². The zero-order valence-corrected chi connectivity index (χ0v) is 5.68. The van der Waals surface area contributed by atoms with Crippen molar-refractivity contribution in [3.05, 3.63) is 21.1 Å². The van der Waals surface area contributed by atoms with Crippen molar-refractivity contribution >= 4 is 11.6 Å². The van der Waals surface area contributed by atoms with Crippen LogP contribution in [-0.2, 0) is 6.18 Å². The molecule has 0 aliphatic rings. The molecule has 1 aromatic heterocycles. The predicted molar refractivity (Wildman–Crippen MR) is 31.4 cm³/mol. The van der Waals surface area contributed by atoms with Crippen LogP contribution in [0.25, 0.3) is 0 Å². The Morgan fingerprint density at radius 2 is 1.82 bits per heavy atom. The summed E-state index contributed by atoms with van der Waals surface area (Å²) in [5.74, 6) is 0. The van der Waals surface area contributed by atoms with Crippen LogP contribution in [0.15, 0.2) is 4.79 Å². The first-order valence-corrected chi connectivity index (χ1v) is 2.84. The number of hydrogen-bond acceptors (Lipinski definition) is 1. The van der Waals surface area contributed by atoms with Gasteiger partial charge in [0.05, 0.1) is 0 Å². The van der Waals surface area contributed by atoms with Gasteiger partial charge in [-0.1, -0.05) is 11.6 Å². The third kappa shape index (κ3) is 1.40. The lowest BCUT2D eigenvalue weighted by atomic mass is 10.4. The molecule has 0 aromatic carbocycles. The van der Waals surface area contributed by atoms with Gasteiger partial charge in [-0.25, -0.2) is 0 Å². The Bertz CT molecular complexity index is 312. The van der Waals surface area contributed by atoms with E-state index in [1.165, 1.54) is 0 Å². The van der Waals surface area contributed by atoms with Crippen molar-refractivity contribution in [2.45, 2.75) is 6.18 Å². The Labute approximate surface area is 63.2 Å². The van der Waals surface area contributed by atoms with Crippen LogP contribution in [0.4, 0.5) is 13.2 Å². The van der Waals surface area contributed by atoms with Crippen molar-refractivity contribution in [1.82, 2.24) is 10.2 Å². The second kappa shape index (κ2) is 2.30. The molecule has 0 saturated carbocycles. The van der Waals surface area contributed by atoms with E-state index in [1.807, 2.05) is 0 Å². The maximum atomic E-state index is 11.8. The van der Waals surface area contributed by atoms with Crippen LogP contribution < -0.4 is 5.56 Å². The van der Waals surface area contributed by atoms with Crippen LogP contribution in [0.5, 0.6) is 0 Å². The molecule has 0 spiro atoms. The molecule has 1 heterocycles. The van der Waals surface area contributed by atoms with Crippen molar-refractivity contribution < 1.29 is 13.2 Å². The highest BCUT2D eigenvalue weighted by atomic mass is 35.5. The number of hydrogen-bond donors (Lipinski definition) is 2. The van der Waals surface area contributed by atoms with Crippen molar-refractivity contribution in [3.8, 4) is 0 Å². The van der Waals surface area contributed by atoms with Gasteiger partial charge in [-0.05, 0) is 0 Å². The molecule has 11 heavy (non-hydrogen) atoms. The lowest BCUT2D eigenvalue weighted by Gasteiger charge is -2.01. The molecule has 0 aliphatic carbocycles. The maximum absolute atomic E-state index is 11.8. The summed E-state index contributed by atoms with van der Waals surface area (Å²) in [4.78, 5) is 10.4. The Kier molecular flexibility index (Phi) is 1.71. The van der Waals surface area contributed by atoms with E-state index in [0.717, 1.165) is 0 Å². The lowest BCUT2D eigenvalue weighted by molar-refractivity contribution is -0.141. The zero-order chi connectivity index (χ0) is 8.65. The van der Waals surface area contributed by atoms with Crippen LogP contribution in [0.2, 0.25) is 5.02 Å². The summed E-state index contributed by atoms with van der Waals surface area (Å²) < 4.78 is 35.4. The Balaban J connectivity index is 3.26. The standard InChI is InChI=1S/C4H2ClF3N2O/c5-1-2(4(6,7)8)9-10-3(1)11/h(H2,9,10,11). The van der Waals surface area contributed by atoms with E-state index >= 15 is 0 Å². The molecule has 0 bridgehead atoms. The molecule has 0 radical (unpaired) electrons. The molecule has 1 aromatic rings. The van der Waals surface area contributed by atoms with E-state index in [2.05, 4.69) is 0 Å². The summed E-state index contributed by atoms with van der Waals surface area (Å²) in [6.45, 7) is 0. The molecule has 1 rings (SSSR count). The molecule has 0 atom stereocenters. The highest BCUT2D eigenvalue weighted by Gasteiger charge is 2.36. The summed E-state index contributed by atoms with van der Waals surface area (Å²) in [7, 11) is 0. The molecule has 0 unspecified atom stereocenters. The second-order valence-electron chi connectivity index (χ2n) is 1.77. The topological polar surface area (TPSA) is 48.6 Å². The number of rotatable bonds is 0. The summed E-state index contributed by atoms with van der Waals surface area (Å²) >= 11 is 5.00. The average molecular weight is 187 g/mol. The first kappa shape index (κ1) is 8.19. The lowest BCUT2D eigenvalue weighted by Crippen LogP contribution is -2.07. The fourth-order valence-electron chi connectivity index (χ4n) is 0.538. The van der Waals surface area contributed by atoms with E-state index in [1.54, 1.807) is 10.2 Å². The highest BCUT2D eigenvalue weighted by molar-refractivity contribution is 6.31. The predicted octanol–water partition coefficient (Wildman–Crippen LogP) is 1.38. The third-order valence-electron chi connectivity index (χ3n) is 1.00. The smallest absolute Gasteiger partial charge is 0.292 e. The number of aromatic amines is 2. The SMILES string of the molecule is O=c1[nH][nH]c(C(F)(F)F)c1Cl. The summed E-state index contributed by atoms with van der Waals surface area (Å²) in [6.07, 6.45) is -4.61. The van der Waals surface area contributed by atoms with Gasteiger partial charge in [0.1, 0.15) is 5.02 Å². The van der Waals surface area contributed by atoms with Gasteiger partial charge in [0, 0.05) is 0 Å². The number of aromatic nitrogens is 2. The number of H-pyrrole nitrogens is 2. The molecule has 0 fully saturated rings. The molecule has 0 aliphatic heterocycles. The Morgan fingerprint density at radius 1 is 1.27 bits per heavy atom. The molecule has 3 nitrogen and oxygen atoms in total. The minimum atomic E-state index is -4.61. The van der Waals surface area contributed by atoms with E-state index in [0.29, 0.717) is 0 Å². The van der Waals surface area contributed by atoms with E-state index in [9.17, 15) is 18.0 Å². The summed E-state index contributed by atoms with van der Waals surface area (Å²) in [6, 6.07) is 0. The van der Waals surface area contributed by atoms with E-state index in [4.69, 9.17) is 11.6 Å². The van der Waals surface area contributed by atoms with Gasteiger partial charge in [0.25, 0.3) is 5.56 Å². The molecule has 0 amide bonds. The first-order valence-electron chi connectivity index (χ1n) is 2.46. The minimum Gasteiger partial charge on any atom is -0.292 e. The van der Waals surface area contributed by atoms with Gasteiger partial charge in [-0.2, -0.15) is 13.2 Å². The van der Waals surface area contributed by atoms with Crippen LogP contribution >= 0.6 is 11.6 Å². The van der Waals surface area contributed by atoms with Gasteiger partial charge in [-0.3, -0.25) is 15.0 Å². The minimum absolute atomic E-state index is 0.863. The quantitative estimate of drug-likeness (QED) is 0.632. The van der Waals surface area contributed by atoms with Crippen LogP contribution in [0.3, 0.4) is 0 Å². The second-order valence-corrected chi connectivity index (χ2v) is 2.14.